The fourth-order valence-corrected chi connectivity index (χ4v) is 5.97. The van der Waals surface area contributed by atoms with E-state index >= 15 is 0 Å². The van der Waals surface area contributed by atoms with Crippen molar-refractivity contribution in [3.05, 3.63) is 120 Å². The molecule has 0 fully saturated rings. The predicted molar refractivity (Wildman–Crippen MR) is 157 cm³/mol. The second-order valence-corrected chi connectivity index (χ2v) is 10.4. The van der Waals surface area contributed by atoms with Crippen molar-refractivity contribution >= 4 is 43.2 Å². The fraction of sp³-hybridized carbons (Fsp3) is 0.0857. The normalized spacial score (nSPS) is 12.1. The van der Waals surface area contributed by atoms with Crippen LogP contribution in [0.5, 0.6) is 0 Å². The molecule has 0 aliphatic rings. The van der Waals surface area contributed by atoms with Crippen LogP contribution in [0.3, 0.4) is 0 Å². The number of rotatable bonds is 2. The van der Waals surface area contributed by atoms with Crippen LogP contribution in [0.25, 0.3) is 65.6 Å². The van der Waals surface area contributed by atoms with Gasteiger partial charge >= 0.3 is 6.18 Å². The van der Waals surface area contributed by atoms with Crippen LogP contribution < -0.4 is 0 Å². The standard InChI is InChI=1S/C35H23F3N2/c1-20-16-21(2)18-24(17-20)33-31-10-9-27-25-7-5-23(19-22(25)6-8-28(27)29(31)13-15-40-33)26-11-12-32(35(36,37)38)34-30(26)4-3-14-39-34/h3-19H,1-2H3. The first kappa shape index (κ1) is 24.3. The maximum atomic E-state index is 13.6. The summed E-state index contributed by atoms with van der Waals surface area (Å²) in [5.41, 5.74) is 5.28. The van der Waals surface area contributed by atoms with Gasteiger partial charge in [-0.2, -0.15) is 13.2 Å². The highest BCUT2D eigenvalue weighted by Crippen LogP contribution is 2.40. The summed E-state index contributed by atoms with van der Waals surface area (Å²) in [6.07, 6.45) is -1.20. The Hall–Kier alpha value is -4.77. The zero-order valence-electron chi connectivity index (χ0n) is 21.8. The third kappa shape index (κ3) is 3.89. The van der Waals surface area contributed by atoms with Crippen molar-refractivity contribution in [3.63, 3.8) is 0 Å². The Balaban J connectivity index is 1.40. The molecule has 0 radical (unpaired) electrons. The minimum absolute atomic E-state index is 0.0363. The van der Waals surface area contributed by atoms with Crippen molar-refractivity contribution in [2.75, 3.05) is 0 Å². The quantitative estimate of drug-likeness (QED) is 0.209. The van der Waals surface area contributed by atoms with Crippen molar-refractivity contribution < 1.29 is 13.2 Å². The minimum Gasteiger partial charge on any atom is -0.256 e. The van der Waals surface area contributed by atoms with Gasteiger partial charge in [-0.15, -0.1) is 0 Å². The number of nitrogens with zero attached hydrogens (tertiary/aromatic N) is 2. The average Bonchev–Trinajstić information content (AvgIpc) is 2.94. The van der Waals surface area contributed by atoms with Crippen molar-refractivity contribution in [2.45, 2.75) is 20.0 Å². The summed E-state index contributed by atoms with van der Waals surface area (Å²) in [5.74, 6) is 0. The maximum Gasteiger partial charge on any atom is 0.418 e. The van der Waals surface area contributed by atoms with Gasteiger partial charge in [-0.05, 0) is 88.3 Å². The van der Waals surface area contributed by atoms with Crippen LogP contribution in [0, 0.1) is 13.8 Å². The Morgan fingerprint density at radius 2 is 1.25 bits per heavy atom. The third-order valence-electron chi connectivity index (χ3n) is 7.64. The topological polar surface area (TPSA) is 25.8 Å². The van der Waals surface area contributed by atoms with Crippen molar-refractivity contribution in [1.82, 2.24) is 9.97 Å². The molecule has 0 saturated carbocycles. The van der Waals surface area contributed by atoms with Crippen molar-refractivity contribution in [3.8, 4) is 22.4 Å². The smallest absolute Gasteiger partial charge is 0.256 e. The largest absolute Gasteiger partial charge is 0.418 e. The number of hydrogen-bond donors (Lipinski definition) is 0. The lowest BCUT2D eigenvalue weighted by Gasteiger charge is -2.14. The maximum absolute atomic E-state index is 13.6. The molecule has 0 spiro atoms. The minimum atomic E-state index is -4.47. The lowest BCUT2D eigenvalue weighted by Crippen LogP contribution is -2.06. The second kappa shape index (κ2) is 8.88. The monoisotopic (exact) mass is 528 g/mol. The van der Waals surface area contributed by atoms with Crippen LogP contribution in [0.2, 0.25) is 0 Å². The first-order valence-electron chi connectivity index (χ1n) is 13.1. The van der Waals surface area contributed by atoms with Gasteiger partial charge in [0.1, 0.15) is 0 Å². The van der Waals surface area contributed by atoms with Gasteiger partial charge < -0.3 is 0 Å². The molecule has 0 aliphatic carbocycles. The molecule has 7 aromatic rings. The summed E-state index contributed by atoms with van der Waals surface area (Å²) >= 11 is 0. The Labute approximate surface area is 228 Å². The van der Waals surface area contributed by atoms with Gasteiger partial charge in [0.2, 0.25) is 0 Å². The molecule has 194 valence electrons. The molecule has 2 heterocycles. The van der Waals surface area contributed by atoms with E-state index in [1.807, 2.05) is 18.3 Å². The first-order chi connectivity index (χ1) is 19.3. The van der Waals surface area contributed by atoms with E-state index < -0.39 is 11.7 Å². The molecule has 0 N–H and O–H groups in total. The number of aromatic nitrogens is 2. The van der Waals surface area contributed by atoms with E-state index in [4.69, 9.17) is 4.98 Å². The highest BCUT2D eigenvalue weighted by molar-refractivity contribution is 6.19. The van der Waals surface area contributed by atoms with Crippen LogP contribution in [0.15, 0.2) is 103 Å². The van der Waals surface area contributed by atoms with E-state index in [0.29, 0.717) is 5.39 Å². The van der Waals surface area contributed by atoms with Gasteiger partial charge in [-0.25, -0.2) is 0 Å². The van der Waals surface area contributed by atoms with Crippen molar-refractivity contribution in [2.24, 2.45) is 0 Å². The number of alkyl halides is 3. The Bertz CT molecular complexity index is 2110. The molecular weight excluding hydrogens is 505 g/mol. The fourth-order valence-electron chi connectivity index (χ4n) is 5.97. The van der Waals surface area contributed by atoms with Crippen LogP contribution in [-0.2, 0) is 6.18 Å². The number of aryl methyl sites for hydroxylation is 2. The van der Waals surface area contributed by atoms with Gasteiger partial charge in [-0.3, -0.25) is 9.97 Å². The molecule has 7 rings (SSSR count). The van der Waals surface area contributed by atoms with Crippen LogP contribution in [0.4, 0.5) is 13.2 Å². The summed E-state index contributed by atoms with van der Waals surface area (Å²) in [7, 11) is 0. The Morgan fingerprint density at radius 1 is 0.550 bits per heavy atom. The van der Waals surface area contributed by atoms with Crippen LogP contribution in [-0.4, -0.2) is 9.97 Å². The summed E-state index contributed by atoms with van der Waals surface area (Å²) < 4.78 is 40.9. The molecule has 40 heavy (non-hydrogen) atoms. The number of pyridine rings is 2. The highest BCUT2D eigenvalue weighted by atomic mass is 19.4. The van der Waals surface area contributed by atoms with Gasteiger partial charge in [-0.1, -0.05) is 65.7 Å². The zero-order chi connectivity index (χ0) is 27.6. The van der Waals surface area contributed by atoms with E-state index in [2.05, 4.69) is 73.4 Å². The SMILES string of the molecule is Cc1cc(C)cc(-c2nccc3c2ccc2c4ccc(-c5ccc(C(F)(F)F)c6ncccc56)cc4ccc32)c1. The number of halogens is 3. The second-order valence-electron chi connectivity index (χ2n) is 10.4. The van der Waals surface area contributed by atoms with Crippen LogP contribution in [0.1, 0.15) is 16.7 Å². The van der Waals surface area contributed by atoms with Gasteiger partial charge in [0.25, 0.3) is 0 Å². The summed E-state index contributed by atoms with van der Waals surface area (Å²) in [6, 6.07) is 29.2. The molecule has 0 unspecified atom stereocenters. The third-order valence-corrected chi connectivity index (χ3v) is 7.64. The molecule has 0 saturated heterocycles. The van der Waals surface area contributed by atoms with E-state index in [1.54, 1.807) is 18.2 Å². The number of fused-ring (bicyclic) bond motifs is 6. The lowest BCUT2D eigenvalue weighted by molar-refractivity contribution is -0.136. The summed E-state index contributed by atoms with van der Waals surface area (Å²) in [6.45, 7) is 4.20. The molecule has 0 bridgehead atoms. The van der Waals surface area contributed by atoms with E-state index in [0.717, 1.165) is 60.8 Å². The zero-order valence-corrected chi connectivity index (χ0v) is 21.8. The predicted octanol–water partition coefficient (Wildman–Crippen LogP) is 10.1. The Kier molecular flexibility index (Phi) is 5.39. The van der Waals surface area contributed by atoms with Gasteiger partial charge in [0.05, 0.1) is 16.8 Å². The van der Waals surface area contributed by atoms with Gasteiger partial charge in [0.15, 0.2) is 0 Å². The van der Waals surface area contributed by atoms with E-state index in [1.165, 1.54) is 17.3 Å². The number of hydrogen-bond acceptors (Lipinski definition) is 2. The highest BCUT2D eigenvalue weighted by Gasteiger charge is 2.33. The molecule has 0 aliphatic heterocycles. The van der Waals surface area contributed by atoms with Crippen LogP contribution >= 0.6 is 0 Å². The Morgan fingerprint density at radius 3 is 2.05 bits per heavy atom. The average molecular weight is 529 g/mol. The van der Waals surface area contributed by atoms with Gasteiger partial charge in [0, 0.05) is 28.7 Å². The first-order valence-corrected chi connectivity index (χ1v) is 13.1. The van der Waals surface area contributed by atoms with E-state index in [-0.39, 0.29) is 5.52 Å². The molecule has 0 amide bonds. The number of benzene rings is 5. The molecular formula is C35H23F3N2. The van der Waals surface area contributed by atoms with E-state index in [9.17, 15) is 13.2 Å². The molecule has 2 nitrogen and oxygen atoms in total. The summed E-state index contributed by atoms with van der Waals surface area (Å²) in [5, 5.41) is 7.07. The molecule has 5 aromatic carbocycles. The molecule has 0 atom stereocenters. The summed E-state index contributed by atoms with van der Waals surface area (Å²) in [4.78, 5) is 8.82. The molecule has 2 aromatic heterocycles. The van der Waals surface area contributed by atoms with Crippen molar-refractivity contribution in [1.29, 1.82) is 0 Å². The molecule has 5 heteroatoms. The lowest BCUT2D eigenvalue weighted by atomic mass is 9.92.